The highest BCUT2D eigenvalue weighted by molar-refractivity contribution is 7.89. The number of nitrogens with zero attached hydrogens (tertiary/aromatic N) is 1. The summed E-state index contributed by atoms with van der Waals surface area (Å²) < 4.78 is 26.4. The van der Waals surface area contributed by atoms with E-state index in [-0.39, 0.29) is 17.6 Å². The maximum Gasteiger partial charge on any atom is 0.217 e. The molecule has 1 atom stereocenters. The molecule has 1 saturated carbocycles. The molecule has 0 bridgehead atoms. The van der Waals surface area contributed by atoms with Gasteiger partial charge in [0.2, 0.25) is 15.9 Å². The van der Waals surface area contributed by atoms with Crippen LogP contribution in [0.4, 0.5) is 0 Å². The van der Waals surface area contributed by atoms with E-state index in [0.717, 1.165) is 38.5 Å². The molecule has 1 aliphatic heterocycles. The number of rotatable bonds is 5. The SMILES string of the molecule is NC(=O)C[C@@H]1CCCN(S(=O)(=O)CC2CCCC2)C1. The van der Waals surface area contributed by atoms with Gasteiger partial charge in [0, 0.05) is 19.5 Å². The number of piperidine rings is 1. The molecule has 0 aromatic carbocycles. The van der Waals surface area contributed by atoms with E-state index in [1.807, 2.05) is 0 Å². The Bertz CT molecular complexity index is 416. The summed E-state index contributed by atoms with van der Waals surface area (Å²) in [5, 5.41) is 0. The molecule has 1 aliphatic carbocycles. The Hall–Kier alpha value is -0.620. The zero-order chi connectivity index (χ0) is 13.9. The first-order valence-corrected chi connectivity index (χ1v) is 8.84. The maximum absolute atomic E-state index is 12.4. The third-order valence-corrected chi connectivity index (χ3v) is 6.30. The number of amides is 1. The molecule has 19 heavy (non-hydrogen) atoms. The molecular formula is C13H24N2O3S. The van der Waals surface area contributed by atoms with Crippen LogP contribution < -0.4 is 5.73 Å². The molecular weight excluding hydrogens is 264 g/mol. The van der Waals surface area contributed by atoms with Crippen molar-refractivity contribution >= 4 is 15.9 Å². The van der Waals surface area contributed by atoms with Crippen LogP contribution in [-0.2, 0) is 14.8 Å². The van der Waals surface area contributed by atoms with E-state index < -0.39 is 10.0 Å². The lowest BCUT2D eigenvalue weighted by Gasteiger charge is -2.32. The topological polar surface area (TPSA) is 80.5 Å². The van der Waals surface area contributed by atoms with Crippen LogP contribution in [0.3, 0.4) is 0 Å². The third kappa shape index (κ3) is 4.18. The number of primary amides is 1. The lowest BCUT2D eigenvalue weighted by Crippen LogP contribution is -2.42. The Morgan fingerprint density at radius 2 is 1.74 bits per heavy atom. The van der Waals surface area contributed by atoms with Gasteiger partial charge in [-0.25, -0.2) is 12.7 Å². The molecule has 6 heteroatoms. The van der Waals surface area contributed by atoms with Crippen molar-refractivity contribution in [1.29, 1.82) is 0 Å². The smallest absolute Gasteiger partial charge is 0.217 e. The summed E-state index contributed by atoms with van der Waals surface area (Å²) >= 11 is 0. The normalized spacial score (nSPS) is 26.6. The number of hydrogen-bond acceptors (Lipinski definition) is 3. The standard InChI is InChI=1S/C13H24N2O3S/c14-13(16)8-12-6-3-7-15(9-12)19(17,18)10-11-4-1-2-5-11/h11-12H,1-10H2,(H2,14,16)/t12-/m0/s1. The predicted molar refractivity (Wildman–Crippen MR) is 73.9 cm³/mol. The van der Waals surface area contributed by atoms with Crippen LogP contribution in [-0.4, -0.2) is 37.5 Å². The Kier molecular flexibility index (Phi) is 4.84. The van der Waals surface area contributed by atoms with Crippen LogP contribution in [0.15, 0.2) is 0 Å². The first-order chi connectivity index (χ1) is 8.97. The van der Waals surface area contributed by atoms with E-state index in [1.165, 1.54) is 0 Å². The molecule has 1 saturated heterocycles. The molecule has 0 radical (unpaired) electrons. The Labute approximate surface area is 115 Å². The number of carbonyl (C=O) groups excluding carboxylic acids is 1. The van der Waals surface area contributed by atoms with Gasteiger partial charge in [-0.1, -0.05) is 12.8 Å². The zero-order valence-corrected chi connectivity index (χ0v) is 12.2. The lowest BCUT2D eigenvalue weighted by molar-refractivity contribution is -0.119. The van der Waals surface area contributed by atoms with Gasteiger partial charge in [-0.15, -0.1) is 0 Å². The number of nitrogens with two attached hydrogens (primary N) is 1. The summed E-state index contributed by atoms with van der Waals surface area (Å²) in [6.07, 6.45) is 6.43. The minimum Gasteiger partial charge on any atom is -0.370 e. The highest BCUT2D eigenvalue weighted by atomic mass is 32.2. The summed E-state index contributed by atoms with van der Waals surface area (Å²) in [5.74, 6) is 0.391. The fourth-order valence-corrected chi connectivity index (χ4v) is 5.30. The van der Waals surface area contributed by atoms with Crippen molar-refractivity contribution in [3.05, 3.63) is 0 Å². The van der Waals surface area contributed by atoms with Crippen molar-refractivity contribution < 1.29 is 13.2 Å². The second-order valence-electron chi connectivity index (χ2n) is 5.97. The van der Waals surface area contributed by atoms with Gasteiger partial charge in [0.05, 0.1) is 5.75 Å². The van der Waals surface area contributed by atoms with Crippen molar-refractivity contribution in [2.45, 2.75) is 44.9 Å². The summed E-state index contributed by atoms with van der Waals surface area (Å²) in [5.41, 5.74) is 5.20. The number of sulfonamides is 1. The van der Waals surface area contributed by atoms with Gasteiger partial charge in [0.25, 0.3) is 0 Å². The minimum absolute atomic E-state index is 0.101. The van der Waals surface area contributed by atoms with Gasteiger partial charge in [-0.3, -0.25) is 4.79 Å². The van der Waals surface area contributed by atoms with E-state index in [1.54, 1.807) is 4.31 Å². The minimum atomic E-state index is -3.15. The van der Waals surface area contributed by atoms with E-state index in [9.17, 15) is 13.2 Å². The molecule has 0 spiro atoms. The van der Waals surface area contributed by atoms with Crippen LogP contribution in [0.5, 0.6) is 0 Å². The number of carbonyl (C=O) groups is 1. The fraction of sp³-hybridized carbons (Fsp3) is 0.923. The van der Waals surface area contributed by atoms with Gasteiger partial charge < -0.3 is 5.73 Å². The van der Waals surface area contributed by atoms with Crippen molar-refractivity contribution in [2.75, 3.05) is 18.8 Å². The van der Waals surface area contributed by atoms with E-state index in [4.69, 9.17) is 5.73 Å². The van der Waals surface area contributed by atoms with Crippen LogP contribution in [0.25, 0.3) is 0 Å². The zero-order valence-electron chi connectivity index (χ0n) is 11.4. The third-order valence-electron chi connectivity index (χ3n) is 4.29. The maximum atomic E-state index is 12.4. The van der Waals surface area contributed by atoms with Crippen molar-refractivity contribution in [3.8, 4) is 0 Å². The van der Waals surface area contributed by atoms with E-state index >= 15 is 0 Å². The Balaban J connectivity index is 1.93. The highest BCUT2D eigenvalue weighted by Crippen LogP contribution is 2.28. The van der Waals surface area contributed by atoms with Crippen molar-refractivity contribution in [3.63, 3.8) is 0 Å². The molecule has 1 heterocycles. The lowest BCUT2D eigenvalue weighted by atomic mass is 9.96. The molecule has 0 aromatic heterocycles. The van der Waals surface area contributed by atoms with Gasteiger partial charge in [0.1, 0.15) is 0 Å². The summed E-state index contributed by atoms with van der Waals surface area (Å²) in [6, 6.07) is 0. The second kappa shape index (κ2) is 6.22. The van der Waals surface area contributed by atoms with Crippen molar-refractivity contribution in [2.24, 2.45) is 17.6 Å². The van der Waals surface area contributed by atoms with E-state index in [0.29, 0.717) is 25.4 Å². The van der Waals surface area contributed by atoms with Gasteiger partial charge >= 0.3 is 0 Å². The summed E-state index contributed by atoms with van der Waals surface area (Å²) in [6.45, 7) is 1.07. The van der Waals surface area contributed by atoms with Gasteiger partial charge in [-0.05, 0) is 37.5 Å². The second-order valence-corrected chi connectivity index (χ2v) is 7.98. The van der Waals surface area contributed by atoms with Gasteiger partial charge in [0.15, 0.2) is 0 Å². The molecule has 2 aliphatic rings. The van der Waals surface area contributed by atoms with Crippen LogP contribution in [0, 0.1) is 11.8 Å². The Morgan fingerprint density at radius 1 is 1.11 bits per heavy atom. The monoisotopic (exact) mass is 288 g/mol. The van der Waals surface area contributed by atoms with Gasteiger partial charge in [-0.2, -0.15) is 0 Å². The molecule has 2 fully saturated rings. The summed E-state index contributed by atoms with van der Waals surface area (Å²) in [4.78, 5) is 11.0. The molecule has 2 N–H and O–H groups in total. The molecule has 0 aromatic rings. The first-order valence-electron chi connectivity index (χ1n) is 7.23. The molecule has 110 valence electrons. The van der Waals surface area contributed by atoms with Crippen LogP contribution in [0.2, 0.25) is 0 Å². The van der Waals surface area contributed by atoms with Crippen LogP contribution >= 0.6 is 0 Å². The van der Waals surface area contributed by atoms with Crippen molar-refractivity contribution in [1.82, 2.24) is 4.31 Å². The molecule has 5 nitrogen and oxygen atoms in total. The van der Waals surface area contributed by atoms with Crippen LogP contribution in [0.1, 0.15) is 44.9 Å². The average Bonchev–Trinajstić information content (AvgIpc) is 2.80. The molecule has 2 rings (SSSR count). The average molecular weight is 288 g/mol. The highest BCUT2D eigenvalue weighted by Gasteiger charge is 2.32. The number of hydrogen-bond donors (Lipinski definition) is 1. The van der Waals surface area contributed by atoms with E-state index in [2.05, 4.69) is 0 Å². The molecule has 1 amide bonds. The largest absolute Gasteiger partial charge is 0.370 e. The molecule has 0 unspecified atom stereocenters. The summed E-state index contributed by atoms with van der Waals surface area (Å²) in [7, 11) is -3.15. The predicted octanol–water partition coefficient (Wildman–Crippen LogP) is 1.09. The Morgan fingerprint density at radius 3 is 2.37 bits per heavy atom. The first kappa shape index (κ1) is 14.8. The quantitative estimate of drug-likeness (QED) is 0.822. The fourth-order valence-electron chi connectivity index (χ4n) is 3.31.